The van der Waals surface area contributed by atoms with Gasteiger partial charge in [0.05, 0.1) is 23.7 Å². The van der Waals surface area contributed by atoms with Gasteiger partial charge in [-0.05, 0) is 25.0 Å². The molecule has 118 valence electrons. The summed E-state index contributed by atoms with van der Waals surface area (Å²) < 4.78 is 5.76. The summed E-state index contributed by atoms with van der Waals surface area (Å²) in [4.78, 5) is 25.0. The number of amides is 1. The van der Waals surface area contributed by atoms with Crippen LogP contribution in [0.2, 0.25) is 0 Å². The highest BCUT2D eigenvalue weighted by Crippen LogP contribution is 2.30. The Morgan fingerprint density at radius 1 is 1.36 bits per heavy atom. The van der Waals surface area contributed by atoms with Crippen molar-refractivity contribution in [3.05, 3.63) is 33.9 Å². The smallest absolute Gasteiger partial charge is 0.292 e. The molecule has 1 aliphatic carbocycles. The molecular formula is C15H19N3O4. The molecule has 0 aromatic heterocycles. The van der Waals surface area contributed by atoms with E-state index < -0.39 is 4.92 Å². The van der Waals surface area contributed by atoms with Crippen LogP contribution >= 0.6 is 0 Å². The van der Waals surface area contributed by atoms with Crippen LogP contribution in [0.5, 0.6) is 0 Å². The number of nitrogens with zero attached hydrogens (tertiary/aromatic N) is 2. The van der Waals surface area contributed by atoms with Crippen LogP contribution in [-0.2, 0) is 4.74 Å². The summed E-state index contributed by atoms with van der Waals surface area (Å²) in [6.07, 6.45) is 4.19. The Labute approximate surface area is 128 Å². The van der Waals surface area contributed by atoms with Gasteiger partial charge in [0.15, 0.2) is 0 Å². The highest BCUT2D eigenvalue weighted by molar-refractivity contribution is 5.96. The minimum absolute atomic E-state index is 0.0686. The molecule has 22 heavy (non-hydrogen) atoms. The number of rotatable bonds is 2. The third-order valence-corrected chi connectivity index (χ3v) is 4.47. The van der Waals surface area contributed by atoms with Gasteiger partial charge in [0.25, 0.3) is 11.6 Å². The first-order valence-corrected chi connectivity index (χ1v) is 7.54. The third kappa shape index (κ3) is 2.64. The summed E-state index contributed by atoms with van der Waals surface area (Å²) in [6, 6.07) is 4.32. The molecule has 1 saturated heterocycles. The molecule has 1 saturated carbocycles. The Bertz CT molecular complexity index is 602. The topological polar surface area (TPSA) is 98.7 Å². The van der Waals surface area contributed by atoms with E-state index >= 15 is 0 Å². The molecule has 1 amide bonds. The van der Waals surface area contributed by atoms with Gasteiger partial charge in [-0.1, -0.05) is 12.8 Å². The summed E-state index contributed by atoms with van der Waals surface area (Å²) in [5.41, 5.74) is 5.75. The lowest BCUT2D eigenvalue weighted by molar-refractivity contribution is -0.383. The molecule has 1 aromatic carbocycles. The molecule has 2 atom stereocenters. The van der Waals surface area contributed by atoms with E-state index in [9.17, 15) is 14.9 Å². The number of morpholine rings is 1. The Kier molecular flexibility index (Phi) is 3.98. The third-order valence-electron chi connectivity index (χ3n) is 4.47. The number of ether oxygens (including phenoxy) is 1. The van der Waals surface area contributed by atoms with Crippen LogP contribution in [0.4, 0.5) is 11.4 Å². The zero-order chi connectivity index (χ0) is 15.7. The number of carbonyl (C=O) groups excluding carboxylic acids is 1. The van der Waals surface area contributed by atoms with Crippen LogP contribution in [0.15, 0.2) is 18.2 Å². The molecule has 1 heterocycles. The largest absolute Gasteiger partial charge is 0.393 e. The SMILES string of the molecule is Nc1ccc(C(=O)N2CCO[C@@H]3CCCC[C@@H]32)cc1[N+](=O)[O-]. The fraction of sp³-hybridized carbons (Fsp3) is 0.533. The van der Waals surface area contributed by atoms with E-state index in [0.29, 0.717) is 18.7 Å². The average molecular weight is 305 g/mol. The zero-order valence-corrected chi connectivity index (χ0v) is 12.2. The standard InChI is InChI=1S/C15H19N3O4/c16-11-6-5-10(9-13(11)18(20)21)15(19)17-7-8-22-14-4-2-1-3-12(14)17/h5-6,9,12,14H,1-4,7-8,16H2/t12-,14+/m0/s1. The van der Waals surface area contributed by atoms with Crippen LogP contribution in [0.25, 0.3) is 0 Å². The second-order valence-electron chi connectivity index (χ2n) is 5.79. The lowest BCUT2D eigenvalue weighted by Crippen LogP contribution is -2.54. The fourth-order valence-corrected chi connectivity index (χ4v) is 3.35. The van der Waals surface area contributed by atoms with Crippen LogP contribution < -0.4 is 5.73 Å². The maximum atomic E-state index is 12.7. The number of nitrogen functional groups attached to an aromatic ring is 1. The average Bonchev–Trinajstić information content (AvgIpc) is 2.54. The summed E-state index contributed by atoms with van der Waals surface area (Å²) >= 11 is 0. The normalized spacial score (nSPS) is 24.6. The van der Waals surface area contributed by atoms with Gasteiger partial charge in [0, 0.05) is 18.2 Å². The second kappa shape index (κ2) is 5.92. The van der Waals surface area contributed by atoms with Crippen LogP contribution in [0.3, 0.4) is 0 Å². The highest BCUT2D eigenvalue weighted by atomic mass is 16.6. The van der Waals surface area contributed by atoms with Gasteiger partial charge in [0.1, 0.15) is 5.69 Å². The van der Waals surface area contributed by atoms with Crippen LogP contribution in [0, 0.1) is 10.1 Å². The van der Waals surface area contributed by atoms with E-state index in [-0.39, 0.29) is 29.4 Å². The lowest BCUT2D eigenvalue weighted by Gasteiger charge is -2.43. The van der Waals surface area contributed by atoms with Gasteiger partial charge < -0.3 is 15.4 Å². The number of carbonyl (C=O) groups is 1. The molecule has 2 fully saturated rings. The van der Waals surface area contributed by atoms with Crippen molar-refractivity contribution in [2.75, 3.05) is 18.9 Å². The molecule has 3 rings (SSSR count). The molecule has 7 heteroatoms. The van der Waals surface area contributed by atoms with E-state index in [2.05, 4.69) is 0 Å². The van der Waals surface area contributed by atoms with Gasteiger partial charge >= 0.3 is 0 Å². The summed E-state index contributed by atoms with van der Waals surface area (Å²) in [5.74, 6) is -0.177. The Hall–Kier alpha value is -2.15. The van der Waals surface area contributed by atoms with Crippen molar-refractivity contribution in [3.8, 4) is 0 Å². The Morgan fingerprint density at radius 2 is 2.14 bits per heavy atom. The van der Waals surface area contributed by atoms with Gasteiger partial charge in [-0.2, -0.15) is 0 Å². The first-order valence-electron chi connectivity index (χ1n) is 7.54. The molecule has 0 spiro atoms. The molecule has 2 N–H and O–H groups in total. The summed E-state index contributed by atoms with van der Waals surface area (Å²) in [6.45, 7) is 1.04. The number of benzene rings is 1. The predicted molar refractivity (Wildman–Crippen MR) is 80.5 cm³/mol. The molecule has 1 aromatic rings. The van der Waals surface area contributed by atoms with E-state index in [1.807, 2.05) is 4.90 Å². The highest BCUT2D eigenvalue weighted by Gasteiger charge is 2.37. The van der Waals surface area contributed by atoms with Crippen molar-refractivity contribution < 1.29 is 14.5 Å². The van der Waals surface area contributed by atoms with Crippen molar-refractivity contribution in [2.24, 2.45) is 0 Å². The minimum atomic E-state index is -0.561. The predicted octanol–water partition coefficient (Wildman–Crippen LogP) is 1.96. The zero-order valence-electron chi connectivity index (χ0n) is 12.2. The molecule has 7 nitrogen and oxygen atoms in total. The van der Waals surface area contributed by atoms with Crippen molar-refractivity contribution >= 4 is 17.3 Å². The minimum Gasteiger partial charge on any atom is -0.393 e. The van der Waals surface area contributed by atoms with Crippen LogP contribution in [0.1, 0.15) is 36.0 Å². The molecule has 2 aliphatic rings. The van der Waals surface area contributed by atoms with Gasteiger partial charge in [0.2, 0.25) is 0 Å². The molecular weight excluding hydrogens is 286 g/mol. The second-order valence-corrected chi connectivity index (χ2v) is 5.79. The molecule has 1 aliphatic heterocycles. The number of nitro benzene ring substituents is 1. The number of nitrogens with two attached hydrogens (primary N) is 1. The van der Waals surface area contributed by atoms with Gasteiger partial charge in [-0.15, -0.1) is 0 Å². The van der Waals surface area contributed by atoms with E-state index in [1.54, 1.807) is 6.07 Å². The number of hydrogen-bond donors (Lipinski definition) is 1. The van der Waals surface area contributed by atoms with Crippen molar-refractivity contribution in [1.82, 2.24) is 4.90 Å². The van der Waals surface area contributed by atoms with Crippen LogP contribution in [-0.4, -0.2) is 41.0 Å². The van der Waals surface area contributed by atoms with Gasteiger partial charge in [-0.25, -0.2) is 0 Å². The van der Waals surface area contributed by atoms with Crippen molar-refractivity contribution in [3.63, 3.8) is 0 Å². The maximum absolute atomic E-state index is 12.7. The molecule has 0 radical (unpaired) electrons. The first kappa shape index (κ1) is 14.8. The van der Waals surface area contributed by atoms with E-state index in [1.165, 1.54) is 12.1 Å². The maximum Gasteiger partial charge on any atom is 0.292 e. The summed E-state index contributed by atoms with van der Waals surface area (Å²) in [5, 5.41) is 11.0. The number of nitro groups is 1. The number of fused-ring (bicyclic) bond motifs is 1. The molecule has 0 unspecified atom stereocenters. The first-order chi connectivity index (χ1) is 10.6. The fourth-order valence-electron chi connectivity index (χ4n) is 3.35. The lowest BCUT2D eigenvalue weighted by atomic mass is 9.89. The number of hydrogen-bond acceptors (Lipinski definition) is 5. The van der Waals surface area contributed by atoms with E-state index in [0.717, 1.165) is 25.7 Å². The Balaban J connectivity index is 1.86. The van der Waals surface area contributed by atoms with E-state index in [4.69, 9.17) is 10.5 Å². The Morgan fingerprint density at radius 3 is 2.91 bits per heavy atom. The number of anilines is 1. The quantitative estimate of drug-likeness (QED) is 0.511. The molecule has 0 bridgehead atoms. The summed E-state index contributed by atoms with van der Waals surface area (Å²) in [7, 11) is 0. The monoisotopic (exact) mass is 305 g/mol. The van der Waals surface area contributed by atoms with Crippen molar-refractivity contribution in [2.45, 2.75) is 37.8 Å². The van der Waals surface area contributed by atoms with Gasteiger partial charge in [-0.3, -0.25) is 14.9 Å². The van der Waals surface area contributed by atoms with Crippen molar-refractivity contribution in [1.29, 1.82) is 0 Å².